The van der Waals surface area contributed by atoms with E-state index in [1.54, 1.807) is 12.1 Å². The summed E-state index contributed by atoms with van der Waals surface area (Å²) in [6.45, 7) is 0. The predicted molar refractivity (Wildman–Crippen MR) is 68.4 cm³/mol. The van der Waals surface area contributed by atoms with E-state index in [9.17, 15) is 4.79 Å². The first kappa shape index (κ1) is 12.0. The molecule has 0 spiro atoms. The van der Waals surface area contributed by atoms with Gasteiger partial charge in [0.05, 0.1) is 12.8 Å². The molecule has 7 heteroatoms. The molecule has 0 saturated heterocycles. The van der Waals surface area contributed by atoms with Crippen LogP contribution in [0.3, 0.4) is 0 Å². The summed E-state index contributed by atoms with van der Waals surface area (Å²) in [7, 11) is 1.53. The van der Waals surface area contributed by atoms with E-state index in [0.29, 0.717) is 28.7 Å². The molecule has 0 aromatic carbocycles. The van der Waals surface area contributed by atoms with Crippen LogP contribution in [-0.2, 0) is 11.2 Å². The van der Waals surface area contributed by atoms with Crippen LogP contribution >= 0.6 is 11.3 Å². The number of carbonyl (C=O) groups is 1. The van der Waals surface area contributed by atoms with Crippen molar-refractivity contribution < 1.29 is 14.6 Å². The normalized spacial score (nSPS) is 17.2. The lowest BCUT2D eigenvalue weighted by Gasteiger charge is -2.01. The quantitative estimate of drug-likeness (QED) is 0.919. The summed E-state index contributed by atoms with van der Waals surface area (Å²) < 4.78 is 4.95. The number of thiazole rings is 1. The molecule has 1 aliphatic rings. The molecule has 1 aliphatic carbocycles. The first-order valence-corrected chi connectivity index (χ1v) is 6.61. The molecular weight excluding hydrogens is 266 g/mol. The van der Waals surface area contributed by atoms with Gasteiger partial charge >= 0.3 is 5.97 Å². The number of carboxylic acids is 1. The fraction of sp³-hybridized carbons (Fsp3) is 0.333. The Morgan fingerprint density at radius 1 is 1.47 bits per heavy atom. The van der Waals surface area contributed by atoms with E-state index < -0.39 is 11.9 Å². The van der Waals surface area contributed by atoms with Crippen molar-refractivity contribution in [1.29, 1.82) is 0 Å². The second-order valence-electron chi connectivity index (χ2n) is 4.22. The summed E-state index contributed by atoms with van der Waals surface area (Å²) in [5, 5.41) is 17.8. The Hall–Kier alpha value is -2.02. The van der Waals surface area contributed by atoms with Gasteiger partial charge in [0.15, 0.2) is 0 Å². The van der Waals surface area contributed by atoms with Gasteiger partial charge < -0.3 is 9.84 Å². The summed E-state index contributed by atoms with van der Waals surface area (Å²) in [5.41, 5.74) is 1.33. The van der Waals surface area contributed by atoms with Gasteiger partial charge in [0.25, 0.3) is 0 Å². The summed E-state index contributed by atoms with van der Waals surface area (Å²) in [4.78, 5) is 16.6. The van der Waals surface area contributed by atoms with Gasteiger partial charge in [0.1, 0.15) is 16.6 Å². The zero-order valence-corrected chi connectivity index (χ0v) is 11.0. The third-order valence-corrected chi connectivity index (χ3v) is 4.24. The summed E-state index contributed by atoms with van der Waals surface area (Å²) in [6.07, 6.45) is 1.41. The molecule has 6 nitrogen and oxygen atoms in total. The van der Waals surface area contributed by atoms with Crippen molar-refractivity contribution in [1.82, 2.24) is 15.2 Å². The number of methoxy groups -OCH3 is 1. The van der Waals surface area contributed by atoms with Crippen LogP contribution in [0.5, 0.6) is 5.88 Å². The minimum atomic E-state index is -0.809. The predicted octanol–water partition coefficient (Wildman–Crippen LogP) is 1.72. The van der Waals surface area contributed by atoms with Gasteiger partial charge in [-0.1, -0.05) is 0 Å². The molecule has 2 heterocycles. The van der Waals surface area contributed by atoms with Crippen LogP contribution in [0, 0.1) is 0 Å². The number of nitrogens with zero attached hydrogens (tertiary/aromatic N) is 3. The molecule has 1 N–H and O–H groups in total. The lowest BCUT2D eigenvalue weighted by atomic mass is 10.1. The zero-order chi connectivity index (χ0) is 13.4. The number of rotatable bonds is 3. The highest BCUT2D eigenvalue weighted by atomic mass is 32.1. The Balaban J connectivity index is 1.95. The van der Waals surface area contributed by atoms with Crippen LogP contribution in [0.1, 0.15) is 22.9 Å². The molecule has 0 fully saturated rings. The number of ether oxygens (including phenoxy) is 1. The number of fused-ring (bicyclic) bond motifs is 1. The van der Waals surface area contributed by atoms with Crippen molar-refractivity contribution in [3.8, 4) is 16.6 Å². The highest BCUT2D eigenvalue weighted by molar-refractivity contribution is 7.15. The third-order valence-electron chi connectivity index (χ3n) is 3.08. The molecule has 98 valence electrons. The molecule has 1 atom stereocenters. The van der Waals surface area contributed by atoms with E-state index in [2.05, 4.69) is 15.2 Å². The lowest BCUT2D eigenvalue weighted by molar-refractivity contribution is -0.138. The standard InChI is InChI=1S/C12H11N3O3S/c1-18-9-5-3-7(14-15-9)11-13-10-6(12(16)17)2-4-8(10)19-11/h3,5-6H,2,4H2,1H3,(H,16,17). The SMILES string of the molecule is COc1ccc(-c2nc3c(s2)CCC3C(=O)O)nn1. The van der Waals surface area contributed by atoms with Crippen molar-refractivity contribution in [3.63, 3.8) is 0 Å². The average molecular weight is 277 g/mol. The van der Waals surface area contributed by atoms with Crippen LogP contribution in [0.4, 0.5) is 0 Å². The van der Waals surface area contributed by atoms with Crippen molar-refractivity contribution in [3.05, 3.63) is 22.7 Å². The fourth-order valence-corrected chi connectivity index (χ4v) is 3.22. The van der Waals surface area contributed by atoms with E-state index in [1.807, 2.05) is 0 Å². The van der Waals surface area contributed by atoms with Crippen LogP contribution in [0.25, 0.3) is 10.7 Å². The first-order valence-electron chi connectivity index (χ1n) is 5.79. The molecule has 1 unspecified atom stereocenters. The van der Waals surface area contributed by atoms with E-state index in [4.69, 9.17) is 9.84 Å². The molecule has 0 radical (unpaired) electrons. The molecule has 0 amide bonds. The maximum Gasteiger partial charge on any atom is 0.312 e. The van der Waals surface area contributed by atoms with Crippen LogP contribution < -0.4 is 4.74 Å². The topological polar surface area (TPSA) is 85.2 Å². The molecule has 0 aliphatic heterocycles. The molecule has 3 rings (SSSR count). The molecular formula is C12H11N3O3S. The van der Waals surface area contributed by atoms with E-state index in [-0.39, 0.29) is 0 Å². The Kier molecular flexibility index (Phi) is 2.90. The molecule has 2 aromatic rings. The number of aromatic nitrogens is 3. The third kappa shape index (κ3) is 2.06. The van der Waals surface area contributed by atoms with Crippen molar-refractivity contribution >= 4 is 17.3 Å². The van der Waals surface area contributed by atoms with Crippen LogP contribution in [0.2, 0.25) is 0 Å². The van der Waals surface area contributed by atoms with Gasteiger partial charge in [0, 0.05) is 10.9 Å². The summed E-state index contributed by atoms with van der Waals surface area (Å²) >= 11 is 1.49. The van der Waals surface area contributed by atoms with E-state index >= 15 is 0 Å². The molecule has 19 heavy (non-hydrogen) atoms. The maximum absolute atomic E-state index is 11.1. The smallest absolute Gasteiger partial charge is 0.312 e. The molecule has 0 bridgehead atoms. The molecule has 2 aromatic heterocycles. The number of hydrogen-bond acceptors (Lipinski definition) is 6. The Morgan fingerprint density at radius 2 is 2.32 bits per heavy atom. The lowest BCUT2D eigenvalue weighted by Crippen LogP contribution is -2.08. The van der Waals surface area contributed by atoms with E-state index in [0.717, 1.165) is 11.3 Å². The Bertz CT molecular complexity index is 624. The van der Waals surface area contributed by atoms with Crippen LogP contribution in [0.15, 0.2) is 12.1 Å². The van der Waals surface area contributed by atoms with Gasteiger partial charge in [-0.3, -0.25) is 4.79 Å². The number of carboxylic acid groups (broad SMARTS) is 1. The molecule has 0 saturated carbocycles. The monoisotopic (exact) mass is 277 g/mol. The number of aliphatic carboxylic acids is 1. The maximum atomic E-state index is 11.1. The van der Waals surface area contributed by atoms with Gasteiger partial charge in [-0.15, -0.1) is 21.5 Å². The van der Waals surface area contributed by atoms with Gasteiger partial charge in [-0.2, -0.15) is 0 Å². The van der Waals surface area contributed by atoms with Crippen molar-refractivity contribution in [2.24, 2.45) is 0 Å². The highest BCUT2D eigenvalue weighted by Gasteiger charge is 2.32. The number of hydrogen-bond donors (Lipinski definition) is 1. The number of aryl methyl sites for hydroxylation is 1. The Labute approximate surface area is 113 Å². The largest absolute Gasteiger partial charge is 0.481 e. The van der Waals surface area contributed by atoms with Gasteiger partial charge in [0.2, 0.25) is 5.88 Å². The summed E-state index contributed by atoms with van der Waals surface area (Å²) in [6, 6.07) is 3.49. The minimum Gasteiger partial charge on any atom is -0.481 e. The Morgan fingerprint density at radius 3 is 2.95 bits per heavy atom. The highest BCUT2D eigenvalue weighted by Crippen LogP contribution is 2.39. The first-order chi connectivity index (χ1) is 9.19. The van der Waals surface area contributed by atoms with E-state index in [1.165, 1.54) is 18.4 Å². The van der Waals surface area contributed by atoms with Crippen molar-refractivity contribution in [2.75, 3.05) is 7.11 Å². The summed E-state index contributed by atoms with van der Waals surface area (Å²) in [5.74, 6) is -0.848. The minimum absolute atomic E-state index is 0.441. The zero-order valence-electron chi connectivity index (χ0n) is 10.2. The fourth-order valence-electron chi connectivity index (χ4n) is 2.12. The average Bonchev–Trinajstić information content (AvgIpc) is 2.98. The van der Waals surface area contributed by atoms with Crippen LogP contribution in [-0.4, -0.2) is 33.4 Å². The second-order valence-corrected chi connectivity index (χ2v) is 5.30. The van der Waals surface area contributed by atoms with Gasteiger partial charge in [-0.25, -0.2) is 4.98 Å². The van der Waals surface area contributed by atoms with Gasteiger partial charge in [-0.05, 0) is 18.9 Å². The second kappa shape index (κ2) is 4.58. The van der Waals surface area contributed by atoms with Crippen molar-refractivity contribution in [2.45, 2.75) is 18.8 Å².